The number of aliphatic hydroxyl groups is 1. The van der Waals surface area contributed by atoms with E-state index >= 15 is 0 Å². The Kier molecular flexibility index (Phi) is 20.9. The lowest BCUT2D eigenvalue weighted by atomic mass is 9.72. The van der Waals surface area contributed by atoms with E-state index in [0.717, 1.165) is 50.5 Å². The zero-order chi connectivity index (χ0) is 52.4. The highest BCUT2D eigenvalue weighted by molar-refractivity contribution is 6.74. The van der Waals surface area contributed by atoms with Crippen LogP contribution in [0.2, 0.25) is 18.1 Å². The van der Waals surface area contributed by atoms with Crippen LogP contribution in [0.5, 0.6) is 0 Å². The first-order chi connectivity index (χ1) is 33.3. The van der Waals surface area contributed by atoms with Crippen LogP contribution in [-0.2, 0) is 68.1 Å². The SMILES string of the molecule is COC(=O)/C=C1\C[C@@H](C[C@@H](OC(=O)C[C@@H](CC2CCC[C@H](C[C@@H]3CCO[C@@]4(C[C@H](C)CC[C@H]4C(C)C)O3)O2)O[Si](C)(C)C(C)(C)C)[C@H](C)OCc2ccccc2)O[C@@](O)(C(C)(C)/C=C/C=O)[C@H]1OC(C)=O. The van der Waals surface area contributed by atoms with Gasteiger partial charge in [0.15, 0.2) is 20.2 Å². The molecule has 0 aromatic heterocycles. The number of benzene rings is 1. The molecule has 1 saturated carbocycles. The van der Waals surface area contributed by atoms with Crippen molar-refractivity contribution in [3.05, 3.63) is 59.7 Å². The molecule has 5 rings (SSSR count). The van der Waals surface area contributed by atoms with E-state index in [1.165, 1.54) is 38.7 Å². The number of allylic oxidation sites excluding steroid dienone is 1. The number of methoxy groups -OCH3 is 1. The van der Waals surface area contributed by atoms with Crippen LogP contribution in [-0.4, -0.2) is 112 Å². The zero-order valence-electron chi connectivity index (χ0n) is 45.2. The van der Waals surface area contributed by atoms with Gasteiger partial charge in [0.25, 0.3) is 0 Å². The maximum absolute atomic E-state index is 14.6. The summed E-state index contributed by atoms with van der Waals surface area (Å²) in [6, 6.07) is 9.64. The van der Waals surface area contributed by atoms with Gasteiger partial charge in [0.2, 0.25) is 5.79 Å². The van der Waals surface area contributed by atoms with Crippen molar-refractivity contribution in [2.75, 3.05) is 13.7 Å². The fourth-order valence-corrected chi connectivity index (χ4v) is 12.1. The highest BCUT2D eigenvalue weighted by Crippen LogP contribution is 2.49. The number of carbonyl (C=O) groups excluding carboxylic acids is 4. The summed E-state index contributed by atoms with van der Waals surface area (Å²) in [6.07, 6.45) is 7.94. The molecule has 14 nitrogen and oxygen atoms in total. The molecule has 3 aliphatic heterocycles. The van der Waals surface area contributed by atoms with Gasteiger partial charge >= 0.3 is 17.9 Å². The predicted octanol–water partition coefficient (Wildman–Crippen LogP) is 10.3. The zero-order valence-corrected chi connectivity index (χ0v) is 46.2. The monoisotopic (exact) mass is 1010 g/mol. The Morgan fingerprint density at radius 1 is 0.930 bits per heavy atom. The van der Waals surface area contributed by atoms with Gasteiger partial charge in [-0.3, -0.25) is 14.4 Å². The molecule has 0 radical (unpaired) electrons. The molecule has 3 saturated heterocycles. The summed E-state index contributed by atoms with van der Waals surface area (Å²) in [4.78, 5) is 51.5. The molecule has 15 heteroatoms. The quantitative estimate of drug-likeness (QED) is 0.0405. The Morgan fingerprint density at radius 3 is 2.28 bits per heavy atom. The maximum atomic E-state index is 14.6. The Labute approximate surface area is 425 Å². The summed E-state index contributed by atoms with van der Waals surface area (Å²) in [5, 5.41) is 12.4. The molecule has 1 spiro atoms. The second-order valence-electron chi connectivity index (χ2n) is 23.3. The summed E-state index contributed by atoms with van der Waals surface area (Å²) < 4.78 is 57.6. The molecule has 0 bridgehead atoms. The molecule has 1 unspecified atom stereocenters. The van der Waals surface area contributed by atoms with Gasteiger partial charge in [-0.2, -0.15) is 0 Å². The molecule has 1 aromatic rings. The normalized spacial score (nSPS) is 30.7. The summed E-state index contributed by atoms with van der Waals surface area (Å²) in [6.45, 7) is 24.9. The van der Waals surface area contributed by atoms with Crippen LogP contribution >= 0.6 is 0 Å². The van der Waals surface area contributed by atoms with E-state index in [9.17, 15) is 24.3 Å². The first kappa shape index (κ1) is 58.6. The molecule has 12 atom stereocenters. The van der Waals surface area contributed by atoms with Crippen molar-refractivity contribution in [3.8, 4) is 0 Å². The lowest BCUT2D eigenvalue weighted by molar-refractivity contribution is -0.342. The number of rotatable bonds is 21. The largest absolute Gasteiger partial charge is 0.466 e. The number of hydrogen-bond acceptors (Lipinski definition) is 14. The third kappa shape index (κ3) is 15.9. The molecule has 1 aliphatic carbocycles. The third-order valence-corrected chi connectivity index (χ3v) is 20.3. The third-order valence-electron chi connectivity index (χ3n) is 15.7. The average Bonchev–Trinajstić information content (AvgIpc) is 3.28. The Morgan fingerprint density at radius 2 is 1.63 bits per heavy atom. The molecule has 71 heavy (non-hydrogen) atoms. The first-order valence-electron chi connectivity index (χ1n) is 26.3. The van der Waals surface area contributed by atoms with Crippen molar-refractivity contribution in [3.63, 3.8) is 0 Å². The first-order valence-corrected chi connectivity index (χ1v) is 29.2. The molecule has 400 valence electrons. The van der Waals surface area contributed by atoms with E-state index in [1.54, 1.807) is 13.8 Å². The summed E-state index contributed by atoms with van der Waals surface area (Å²) in [7, 11) is -1.21. The van der Waals surface area contributed by atoms with Gasteiger partial charge in [0, 0.05) is 37.2 Å². The lowest BCUT2D eigenvalue weighted by Crippen LogP contribution is -2.62. The Bertz CT molecular complexity index is 1960. The topological polar surface area (TPSA) is 172 Å². The number of ether oxygens (including phenoxy) is 8. The van der Waals surface area contributed by atoms with Crippen molar-refractivity contribution in [1.29, 1.82) is 0 Å². The molecular formula is C56H88O14Si. The van der Waals surface area contributed by atoms with E-state index in [1.807, 2.05) is 37.3 Å². The molecular weight excluding hydrogens is 925 g/mol. The minimum Gasteiger partial charge on any atom is -0.466 e. The van der Waals surface area contributed by atoms with Crippen molar-refractivity contribution >= 4 is 32.5 Å². The van der Waals surface area contributed by atoms with Crippen LogP contribution in [0.1, 0.15) is 152 Å². The van der Waals surface area contributed by atoms with Crippen LogP contribution in [0, 0.1) is 23.2 Å². The summed E-state index contributed by atoms with van der Waals surface area (Å²) >= 11 is 0. The highest BCUT2D eigenvalue weighted by Gasteiger charge is 2.58. The van der Waals surface area contributed by atoms with Gasteiger partial charge in [0.1, 0.15) is 12.4 Å². The Balaban J connectivity index is 1.39. The average molecular weight is 1010 g/mol. The van der Waals surface area contributed by atoms with Crippen molar-refractivity contribution < 1.29 is 66.6 Å². The van der Waals surface area contributed by atoms with Gasteiger partial charge in [0.05, 0.1) is 63.4 Å². The highest BCUT2D eigenvalue weighted by atomic mass is 28.4. The molecule has 4 fully saturated rings. The molecule has 1 N–H and O–H groups in total. The number of esters is 3. The van der Waals surface area contributed by atoms with Crippen molar-refractivity contribution in [2.24, 2.45) is 23.2 Å². The van der Waals surface area contributed by atoms with E-state index in [-0.39, 0.29) is 54.8 Å². The van der Waals surface area contributed by atoms with E-state index in [2.05, 4.69) is 54.6 Å². The molecule has 1 aromatic carbocycles. The smallest absolute Gasteiger partial charge is 0.330 e. The van der Waals surface area contributed by atoms with Crippen LogP contribution in [0.25, 0.3) is 0 Å². The fourth-order valence-electron chi connectivity index (χ4n) is 10.7. The molecule has 3 heterocycles. The Hall–Kier alpha value is -3.28. The van der Waals surface area contributed by atoms with E-state index in [0.29, 0.717) is 37.1 Å². The number of carbonyl (C=O) groups is 4. The lowest BCUT2D eigenvalue weighted by Gasteiger charge is -2.51. The van der Waals surface area contributed by atoms with Gasteiger partial charge in [-0.05, 0) is 105 Å². The second-order valence-corrected chi connectivity index (χ2v) is 28.0. The van der Waals surface area contributed by atoms with Gasteiger partial charge in [-0.1, -0.05) is 98.2 Å². The van der Waals surface area contributed by atoms with Crippen LogP contribution < -0.4 is 0 Å². The number of hydrogen-bond donors (Lipinski definition) is 1. The molecule has 0 amide bonds. The minimum absolute atomic E-state index is 0.00306. The van der Waals surface area contributed by atoms with Crippen LogP contribution in [0.3, 0.4) is 0 Å². The van der Waals surface area contributed by atoms with E-state index in [4.69, 9.17) is 42.3 Å². The van der Waals surface area contributed by atoms with Crippen molar-refractivity contribution in [2.45, 2.75) is 231 Å². The second kappa shape index (κ2) is 25.3. The van der Waals surface area contributed by atoms with Gasteiger partial charge in [-0.25, -0.2) is 4.79 Å². The van der Waals surface area contributed by atoms with Crippen LogP contribution in [0.15, 0.2) is 54.1 Å². The van der Waals surface area contributed by atoms with Gasteiger partial charge < -0.3 is 47.4 Å². The van der Waals surface area contributed by atoms with E-state index < -0.39 is 73.7 Å². The minimum atomic E-state index is -2.43. The van der Waals surface area contributed by atoms with Crippen molar-refractivity contribution in [1.82, 2.24) is 0 Å². The van der Waals surface area contributed by atoms with Crippen LogP contribution in [0.4, 0.5) is 0 Å². The fraction of sp³-hybridized carbons (Fsp3) is 0.750. The standard InChI is InChI=1S/C56H88O14Si/c1-37(2)48-24-23-38(3)35-55(48)64-28-25-45(68-55)31-43-21-17-22-44(66-43)32-47(70-71(12,13)53(6,7)8)34-51(60)67-49(39(4)63-36-41-19-15-14-16-20-41)33-46-29-42(30-50(59)62-11)52(65-40(5)58)56(61,69-46)54(9,10)26-18-27-57/h14-16,18-20,26-27,30,37-39,43-49,52,61H,17,21-25,28-29,31-36H2,1-13H3/b26-18+,42-30+/t38-,39+,43-,44?,45+,46+,47-,48+,49-,52+,55+,56-/m1/s1. The summed E-state index contributed by atoms with van der Waals surface area (Å²) in [5.74, 6) is -3.43. The van der Waals surface area contributed by atoms with Gasteiger partial charge in [-0.15, -0.1) is 0 Å². The summed E-state index contributed by atoms with van der Waals surface area (Å²) in [5.41, 5.74) is -0.215. The molecule has 4 aliphatic rings. The maximum Gasteiger partial charge on any atom is 0.330 e. The number of aldehydes is 1. The predicted molar refractivity (Wildman–Crippen MR) is 272 cm³/mol.